The number of para-hydroxylation sites is 2. The lowest BCUT2D eigenvalue weighted by atomic mass is 10.3. The van der Waals surface area contributed by atoms with Crippen LogP contribution in [0.15, 0.2) is 52.4 Å². The first-order valence-corrected chi connectivity index (χ1v) is 11.0. The Morgan fingerprint density at radius 2 is 1.68 bits per heavy atom. The van der Waals surface area contributed by atoms with E-state index in [9.17, 15) is 8.42 Å². The van der Waals surface area contributed by atoms with Crippen LogP contribution in [0, 0.1) is 0 Å². The van der Waals surface area contributed by atoms with Crippen LogP contribution in [0.4, 0.5) is 0 Å². The molecule has 1 aliphatic rings. The Hall–Kier alpha value is -3.18. The van der Waals surface area contributed by atoms with Crippen LogP contribution in [0.3, 0.4) is 0 Å². The minimum absolute atomic E-state index is 0.0438. The maximum absolute atomic E-state index is 12.7. The molecule has 0 radical (unpaired) electrons. The van der Waals surface area contributed by atoms with Gasteiger partial charge in [0, 0.05) is 12.6 Å². The van der Waals surface area contributed by atoms with E-state index in [1.54, 1.807) is 7.11 Å². The average molecular weight is 451 g/mol. The molecule has 0 unspecified atom stereocenters. The lowest BCUT2D eigenvalue weighted by Crippen LogP contribution is -2.50. The highest BCUT2D eigenvalue weighted by Crippen LogP contribution is 2.29. The third-order valence-corrected chi connectivity index (χ3v) is 5.87. The van der Waals surface area contributed by atoms with Crippen molar-refractivity contribution in [2.24, 2.45) is 4.99 Å². The summed E-state index contributed by atoms with van der Waals surface area (Å²) >= 11 is 0. The number of guanidine groups is 1. The minimum atomic E-state index is -3.83. The Bertz CT molecular complexity index is 1030. The summed E-state index contributed by atoms with van der Waals surface area (Å²) in [4.78, 5) is 6.28. The van der Waals surface area contributed by atoms with Crippen molar-refractivity contribution in [3.63, 3.8) is 0 Å². The zero-order valence-electron chi connectivity index (χ0n) is 17.6. The number of rotatable bonds is 9. The van der Waals surface area contributed by atoms with E-state index in [0.717, 1.165) is 0 Å². The van der Waals surface area contributed by atoms with Gasteiger partial charge in [-0.25, -0.2) is 18.1 Å². The second-order valence-electron chi connectivity index (χ2n) is 6.50. The lowest BCUT2D eigenvalue weighted by molar-refractivity contribution is 0.199. The van der Waals surface area contributed by atoms with Gasteiger partial charge in [-0.1, -0.05) is 12.1 Å². The number of nitrogens with zero attached hydrogens (tertiary/aromatic N) is 2. The van der Waals surface area contributed by atoms with Crippen LogP contribution < -0.4 is 29.0 Å². The van der Waals surface area contributed by atoms with Crippen molar-refractivity contribution < 1.29 is 27.4 Å². The fourth-order valence-electron chi connectivity index (χ4n) is 2.87. The molecule has 0 bridgehead atoms. The fraction of sp³-hybridized carbons (Fsp3) is 0.350. The van der Waals surface area contributed by atoms with Gasteiger partial charge in [0.15, 0.2) is 23.0 Å². The second-order valence-corrected chi connectivity index (χ2v) is 8.18. The van der Waals surface area contributed by atoms with E-state index in [-0.39, 0.29) is 10.9 Å². The summed E-state index contributed by atoms with van der Waals surface area (Å²) in [7, 11) is 0.691. The molecule has 2 aromatic rings. The van der Waals surface area contributed by atoms with E-state index < -0.39 is 10.0 Å². The highest BCUT2D eigenvalue weighted by molar-refractivity contribution is 7.90. The Morgan fingerprint density at radius 3 is 2.32 bits per heavy atom. The van der Waals surface area contributed by atoms with Gasteiger partial charge in [0.2, 0.25) is 5.96 Å². The van der Waals surface area contributed by atoms with Crippen molar-refractivity contribution in [2.75, 3.05) is 47.8 Å². The molecule has 10 nitrogen and oxygen atoms in total. The molecule has 11 heteroatoms. The van der Waals surface area contributed by atoms with Crippen LogP contribution in [-0.2, 0) is 10.0 Å². The maximum atomic E-state index is 12.7. The molecule has 0 fully saturated rings. The predicted octanol–water partition coefficient (Wildman–Crippen LogP) is 1.25. The van der Waals surface area contributed by atoms with Gasteiger partial charge in [-0.3, -0.25) is 4.90 Å². The fourth-order valence-corrected chi connectivity index (χ4v) is 3.89. The van der Waals surface area contributed by atoms with Gasteiger partial charge in [0.1, 0.15) is 6.61 Å². The van der Waals surface area contributed by atoms with E-state index in [2.05, 4.69) is 15.0 Å². The van der Waals surface area contributed by atoms with Crippen molar-refractivity contribution in [1.29, 1.82) is 0 Å². The molecular formula is C20H26N4O6S. The summed E-state index contributed by atoms with van der Waals surface area (Å²) in [6.07, 6.45) is 0. The molecular weight excluding hydrogens is 424 g/mol. The van der Waals surface area contributed by atoms with Crippen molar-refractivity contribution in [1.82, 2.24) is 14.9 Å². The van der Waals surface area contributed by atoms with Crippen molar-refractivity contribution in [3.8, 4) is 23.0 Å². The van der Waals surface area contributed by atoms with Gasteiger partial charge in [-0.05, 0) is 24.3 Å². The summed E-state index contributed by atoms with van der Waals surface area (Å²) in [5, 5.41) is 2.97. The highest BCUT2D eigenvalue weighted by atomic mass is 32.2. The van der Waals surface area contributed by atoms with Crippen molar-refractivity contribution in [3.05, 3.63) is 42.5 Å². The van der Waals surface area contributed by atoms with E-state index >= 15 is 0 Å². The molecule has 0 saturated heterocycles. The predicted molar refractivity (Wildman–Crippen MR) is 115 cm³/mol. The summed E-state index contributed by atoms with van der Waals surface area (Å²) in [5.41, 5.74) is 0. The molecule has 1 heterocycles. The number of sulfonamides is 1. The van der Waals surface area contributed by atoms with Crippen LogP contribution in [0.1, 0.15) is 0 Å². The molecule has 168 valence electrons. The molecule has 2 N–H and O–H groups in total. The van der Waals surface area contributed by atoms with Crippen LogP contribution in [0.2, 0.25) is 0 Å². The van der Waals surface area contributed by atoms with Crippen LogP contribution in [0.5, 0.6) is 23.0 Å². The molecule has 2 aromatic carbocycles. The van der Waals surface area contributed by atoms with Crippen LogP contribution >= 0.6 is 0 Å². The molecule has 0 amide bonds. The molecule has 0 spiro atoms. The number of aliphatic imine (C=N–C) groups is 1. The summed E-state index contributed by atoms with van der Waals surface area (Å²) in [6, 6.07) is 11.8. The van der Waals surface area contributed by atoms with Crippen molar-refractivity contribution >= 4 is 16.0 Å². The maximum Gasteiger partial charge on any atom is 0.264 e. The molecule has 0 aliphatic carbocycles. The number of benzene rings is 2. The second kappa shape index (κ2) is 10.2. The van der Waals surface area contributed by atoms with Gasteiger partial charge < -0.3 is 24.3 Å². The summed E-state index contributed by atoms with van der Waals surface area (Å²) in [5.74, 6) is 2.29. The standard InChI is InChI=1S/C20H26N4O6S/c1-27-16-6-4-5-7-18(16)30-11-10-24-13-21-20(22-14-24)23-31(25,26)15-8-9-17(28-2)19(12-15)29-3/h4-9,12H,10-11,13-14H2,1-3H3,(H2,21,22,23). The topological polar surface area (TPSA) is 111 Å². The Morgan fingerprint density at radius 1 is 1.00 bits per heavy atom. The molecule has 0 atom stereocenters. The van der Waals surface area contributed by atoms with Gasteiger partial charge in [0.25, 0.3) is 10.0 Å². The summed E-state index contributed by atoms with van der Waals surface area (Å²) < 4.78 is 49.1. The number of methoxy groups -OCH3 is 3. The van der Waals surface area contributed by atoms with Crippen LogP contribution in [0.25, 0.3) is 0 Å². The Balaban J connectivity index is 1.54. The number of hydrogen-bond donors (Lipinski definition) is 2. The smallest absolute Gasteiger partial charge is 0.264 e. The third-order valence-electron chi connectivity index (χ3n) is 4.53. The van der Waals surface area contributed by atoms with Gasteiger partial charge in [-0.2, -0.15) is 0 Å². The van der Waals surface area contributed by atoms with E-state index in [4.69, 9.17) is 18.9 Å². The normalized spacial score (nSPS) is 14.2. The molecule has 1 aliphatic heterocycles. The number of hydrogen-bond acceptors (Lipinski definition) is 9. The first-order chi connectivity index (χ1) is 15.0. The number of nitrogens with one attached hydrogen (secondary N) is 2. The van der Waals surface area contributed by atoms with Crippen molar-refractivity contribution in [2.45, 2.75) is 4.90 Å². The van der Waals surface area contributed by atoms with Crippen LogP contribution in [-0.4, -0.2) is 67.1 Å². The van der Waals surface area contributed by atoms with E-state index in [1.165, 1.54) is 32.4 Å². The molecule has 0 saturated carbocycles. The Kier molecular flexibility index (Phi) is 7.42. The first-order valence-electron chi connectivity index (χ1n) is 9.48. The third kappa shape index (κ3) is 5.70. The van der Waals surface area contributed by atoms with Gasteiger partial charge in [-0.15, -0.1) is 0 Å². The minimum Gasteiger partial charge on any atom is -0.493 e. The van der Waals surface area contributed by atoms with E-state index in [1.807, 2.05) is 29.2 Å². The lowest BCUT2D eigenvalue weighted by Gasteiger charge is -2.27. The molecule has 0 aromatic heterocycles. The molecule has 31 heavy (non-hydrogen) atoms. The average Bonchev–Trinajstić information content (AvgIpc) is 2.79. The quantitative estimate of drug-likeness (QED) is 0.587. The zero-order valence-corrected chi connectivity index (χ0v) is 18.4. The largest absolute Gasteiger partial charge is 0.493 e. The monoisotopic (exact) mass is 450 g/mol. The SMILES string of the molecule is COc1ccc(S(=O)(=O)NC2=NCN(CCOc3ccccc3OC)CN2)cc1OC. The number of ether oxygens (including phenoxy) is 4. The van der Waals surface area contributed by atoms with Gasteiger partial charge >= 0.3 is 0 Å². The van der Waals surface area contributed by atoms with E-state index in [0.29, 0.717) is 49.5 Å². The van der Waals surface area contributed by atoms with Gasteiger partial charge in [0.05, 0.1) is 39.6 Å². The zero-order chi connectivity index (χ0) is 22.3. The summed E-state index contributed by atoms with van der Waals surface area (Å²) in [6.45, 7) is 1.78. The first kappa shape index (κ1) is 22.5. The Labute approximate surface area is 181 Å². The highest BCUT2D eigenvalue weighted by Gasteiger charge is 2.21. The molecule has 3 rings (SSSR count).